The van der Waals surface area contributed by atoms with E-state index in [0.717, 1.165) is 38.5 Å². The van der Waals surface area contributed by atoms with Gasteiger partial charge in [-0.15, -0.1) is 0 Å². The van der Waals surface area contributed by atoms with Crippen molar-refractivity contribution >= 4 is 23.8 Å². The van der Waals surface area contributed by atoms with E-state index in [2.05, 4.69) is 10.6 Å². The van der Waals surface area contributed by atoms with Gasteiger partial charge in [0.1, 0.15) is 6.04 Å². The Morgan fingerprint density at radius 1 is 0.632 bits per heavy atom. The molecule has 0 heterocycles. The maximum absolute atomic E-state index is 12.1. The summed E-state index contributed by atoms with van der Waals surface area (Å²) in [4.78, 5) is 45.8. The van der Waals surface area contributed by atoms with Crippen molar-refractivity contribution in [2.24, 2.45) is 0 Å². The van der Waals surface area contributed by atoms with E-state index >= 15 is 0 Å². The molecule has 1 unspecified atom stereocenters. The zero-order valence-electron chi connectivity index (χ0n) is 23.8. The lowest BCUT2D eigenvalue weighted by Gasteiger charge is -2.14. The van der Waals surface area contributed by atoms with Crippen LogP contribution >= 0.6 is 0 Å². The van der Waals surface area contributed by atoms with Crippen LogP contribution in [0.4, 0.5) is 0 Å². The highest BCUT2D eigenvalue weighted by Crippen LogP contribution is 2.14. The first kappa shape index (κ1) is 35.8. The van der Waals surface area contributed by atoms with Gasteiger partial charge in [-0.1, -0.05) is 89.9 Å². The van der Waals surface area contributed by atoms with Crippen LogP contribution in [0.2, 0.25) is 0 Å². The molecule has 0 aliphatic rings. The van der Waals surface area contributed by atoms with Crippen LogP contribution in [-0.4, -0.2) is 59.8 Å². The lowest BCUT2D eigenvalue weighted by molar-refractivity contribution is -0.142. The van der Waals surface area contributed by atoms with Crippen molar-refractivity contribution in [2.45, 2.75) is 141 Å². The van der Waals surface area contributed by atoms with Crippen molar-refractivity contribution in [1.29, 1.82) is 0 Å². The molecular formula is C29H54N2O7. The summed E-state index contributed by atoms with van der Waals surface area (Å²) >= 11 is 0. The van der Waals surface area contributed by atoms with Crippen LogP contribution in [0.15, 0.2) is 0 Å². The van der Waals surface area contributed by atoms with Crippen molar-refractivity contribution < 1.29 is 34.1 Å². The fourth-order valence-corrected chi connectivity index (χ4v) is 4.33. The molecule has 0 saturated carbocycles. The summed E-state index contributed by atoms with van der Waals surface area (Å²) in [5.74, 6) is -2.33. The van der Waals surface area contributed by atoms with Crippen LogP contribution in [0, 0.1) is 0 Å². The first-order chi connectivity index (χ1) is 18.4. The van der Waals surface area contributed by atoms with Crippen LogP contribution in [0.5, 0.6) is 0 Å². The molecule has 0 saturated heterocycles. The predicted octanol–water partition coefficient (Wildman–Crippen LogP) is 5.60. The number of unbranched alkanes of at least 4 members (excludes halogenated alkanes) is 15. The van der Waals surface area contributed by atoms with Crippen LogP contribution in [-0.2, 0) is 23.9 Å². The summed E-state index contributed by atoms with van der Waals surface area (Å²) in [5, 5.41) is 23.2. The summed E-state index contributed by atoms with van der Waals surface area (Å²) in [6.07, 6.45) is 19.0. The topological polar surface area (TPSA) is 142 Å². The predicted molar refractivity (Wildman–Crippen MR) is 149 cm³/mol. The molecule has 1 atom stereocenters. The van der Waals surface area contributed by atoms with E-state index in [1.165, 1.54) is 64.2 Å². The number of carboxylic acid groups (broad SMARTS) is 2. The number of aliphatic carboxylic acids is 2. The number of hydrogen-bond donors (Lipinski definition) is 4. The molecule has 9 nitrogen and oxygen atoms in total. The molecule has 9 heteroatoms. The molecule has 0 spiro atoms. The Morgan fingerprint density at radius 3 is 1.50 bits per heavy atom. The number of amides is 2. The summed E-state index contributed by atoms with van der Waals surface area (Å²) in [6.45, 7) is 3.25. The molecular weight excluding hydrogens is 488 g/mol. The maximum Gasteiger partial charge on any atom is 0.326 e. The quantitative estimate of drug-likeness (QED) is 0.0943. The normalized spacial score (nSPS) is 11.7. The first-order valence-electron chi connectivity index (χ1n) is 14.9. The number of ether oxygens (including phenoxy) is 1. The van der Waals surface area contributed by atoms with E-state index in [1.807, 2.05) is 6.92 Å². The third-order valence-electron chi connectivity index (χ3n) is 6.61. The zero-order chi connectivity index (χ0) is 28.3. The number of nitrogens with one attached hydrogen (secondary N) is 2. The van der Waals surface area contributed by atoms with E-state index in [-0.39, 0.29) is 24.7 Å². The van der Waals surface area contributed by atoms with Gasteiger partial charge in [0.2, 0.25) is 11.8 Å². The molecule has 0 aliphatic carbocycles. The van der Waals surface area contributed by atoms with E-state index in [0.29, 0.717) is 32.6 Å². The molecule has 0 bridgehead atoms. The minimum absolute atomic E-state index is 0.0426. The van der Waals surface area contributed by atoms with Crippen LogP contribution in [0.25, 0.3) is 0 Å². The second-order valence-corrected chi connectivity index (χ2v) is 10.1. The highest BCUT2D eigenvalue weighted by molar-refractivity contribution is 5.84. The Kier molecular flexibility index (Phi) is 24.9. The highest BCUT2D eigenvalue weighted by Gasteiger charge is 2.20. The molecule has 0 radical (unpaired) electrons. The number of rotatable bonds is 28. The Balaban J connectivity index is 3.55. The molecule has 0 aromatic heterocycles. The third kappa shape index (κ3) is 25.5. The van der Waals surface area contributed by atoms with Gasteiger partial charge in [0.25, 0.3) is 0 Å². The number of carboxylic acids is 2. The lowest BCUT2D eigenvalue weighted by atomic mass is 10.0. The second-order valence-electron chi connectivity index (χ2n) is 10.1. The SMILES string of the molecule is CCOCCNC(=O)CCC(NC(=O)CCCCCCCCCCCCCCCCCCC(=O)O)C(=O)O. The molecule has 0 rings (SSSR count). The van der Waals surface area contributed by atoms with Crippen molar-refractivity contribution in [1.82, 2.24) is 10.6 Å². The Labute approximate surface area is 229 Å². The second kappa shape index (κ2) is 26.4. The average Bonchev–Trinajstić information content (AvgIpc) is 2.88. The summed E-state index contributed by atoms with van der Waals surface area (Å²) in [7, 11) is 0. The van der Waals surface area contributed by atoms with Gasteiger partial charge in [-0.3, -0.25) is 14.4 Å². The average molecular weight is 543 g/mol. The minimum Gasteiger partial charge on any atom is -0.481 e. The van der Waals surface area contributed by atoms with E-state index in [1.54, 1.807) is 0 Å². The largest absolute Gasteiger partial charge is 0.481 e. The van der Waals surface area contributed by atoms with Crippen molar-refractivity contribution in [3.8, 4) is 0 Å². The standard InChI is InChI=1S/C29H54N2O7/c1-2-38-24-23-30-26(32)22-21-25(29(36)37)31-27(33)19-17-15-13-11-9-7-5-3-4-6-8-10-12-14-16-18-20-28(34)35/h25H,2-24H2,1H3,(H,30,32)(H,31,33)(H,34,35)(H,36,37). The zero-order valence-corrected chi connectivity index (χ0v) is 23.8. The van der Waals surface area contributed by atoms with E-state index in [9.17, 15) is 24.3 Å². The molecule has 2 amide bonds. The number of hydrogen-bond acceptors (Lipinski definition) is 5. The smallest absolute Gasteiger partial charge is 0.326 e. The van der Waals surface area contributed by atoms with Gasteiger partial charge in [-0.25, -0.2) is 4.79 Å². The maximum atomic E-state index is 12.1. The minimum atomic E-state index is -1.12. The number of carbonyl (C=O) groups is 4. The van der Waals surface area contributed by atoms with Gasteiger partial charge in [0, 0.05) is 32.4 Å². The Bertz CT molecular complexity index is 628. The molecule has 0 aliphatic heterocycles. The summed E-state index contributed by atoms with van der Waals surface area (Å²) < 4.78 is 5.14. The fraction of sp³-hybridized carbons (Fsp3) is 0.862. The summed E-state index contributed by atoms with van der Waals surface area (Å²) in [5.41, 5.74) is 0. The monoisotopic (exact) mass is 542 g/mol. The van der Waals surface area contributed by atoms with Gasteiger partial charge in [0.05, 0.1) is 6.61 Å². The fourth-order valence-electron chi connectivity index (χ4n) is 4.33. The van der Waals surface area contributed by atoms with Crippen LogP contribution in [0.1, 0.15) is 135 Å². The molecule has 0 aromatic rings. The van der Waals surface area contributed by atoms with Crippen molar-refractivity contribution in [3.05, 3.63) is 0 Å². The Hall–Kier alpha value is -2.16. The van der Waals surface area contributed by atoms with Gasteiger partial charge in [-0.05, 0) is 26.2 Å². The lowest BCUT2D eigenvalue weighted by Crippen LogP contribution is -2.41. The molecule has 222 valence electrons. The van der Waals surface area contributed by atoms with Crippen LogP contribution < -0.4 is 10.6 Å². The van der Waals surface area contributed by atoms with Gasteiger partial charge < -0.3 is 25.6 Å². The van der Waals surface area contributed by atoms with Gasteiger partial charge >= 0.3 is 11.9 Å². The van der Waals surface area contributed by atoms with Crippen molar-refractivity contribution in [2.75, 3.05) is 19.8 Å². The molecule has 0 fully saturated rings. The van der Waals surface area contributed by atoms with E-state index in [4.69, 9.17) is 9.84 Å². The Morgan fingerprint density at radius 2 is 1.08 bits per heavy atom. The van der Waals surface area contributed by atoms with Gasteiger partial charge in [0.15, 0.2) is 0 Å². The highest BCUT2D eigenvalue weighted by atomic mass is 16.5. The van der Waals surface area contributed by atoms with Gasteiger partial charge in [-0.2, -0.15) is 0 Å². The number of carbonyl (C=O) groups excluding carboxylic acids is 2. The van der Waals surface area contributed by atoms with Crippen molar-refractivity contribution in [3.63, 3.8) is 0 Å². The first-order valence-corrected chi connectivity index (χ1v) is 14.9. The van der Waals surface area contributed by atoms with Crippen LogP contribution in [0.3, 0.4) is 0 Å². The molecule has 0 aromatic carbocycles. The summed E-state index contributed by atoms with van der Waals surface area (Å²) in [6, 6.07) is -1.05. The van der Waals surface area contributed by atoms with E-state index < -0.39 is 18.0 Å². The molecule has 38 heavy (non-hydrogen) atoms. The third-order valence-corrected chi connectivity index (χ3v) is 6.61. The molecule has 4 N–H and O–H groups in total.